The molecule has 0 unspecified atom stereocenters. The normalized spacial score (nSPS) is 10.7. The molecule has 0 atom stereocenters. The standard InChI is InChI=1S/C12H10Cl2N2OS/c1-7-4-12(17)10(6-18)15-16(7)11-3-2-8(13)5-9(11)14/h2-5,18H,6H2,1H3. The summed E-state index contributed by atoms with van der Waals surface area (Å²) in [4.78, 5) is 11.6. The lowest BCUT2D eigenvalue weighted by molar-refractivity contribution is 0.774. The number of benzene rings is 1. The predicted molar refractivity (Wildman–Crippen MR) is 77.3 cm³/mol. The average Bonchev–Trinajstić information content (AvgIpc) is 2.30. The average molecular weight is 301 g/mol. The van der Waals surface area contributed by atoms with Crippen LogP contribution in [0.15, 0.2) is 29.1 Å². The van der Waals surface area contributed by atoms with Gasteiger partial charge in [-0.3, -0.25) is 4.79 Å². The van der Waals surface area contributed by atoms with Gasteiger partial charge in [-0.1, -0.05) is 23.2 Å². The summed E-state index contributed by atoms with van der Waals surface area (Å²) >= 11 is 16.1. The van der Waals surface area contributed by atoms with Crippen LogP contribution in [0.2, 0.25) is 10.0 Å². The number of aromatic nitrogens is 2. The van der Waals surface area contributed by atoms with E-state index in [0.717, 1.165) is 0 Å². The van der Waals surface area contributed by atoms with E-state index in [0.29, 0.717) is 27.1 Å². The Kier molecular flexibility index (Phi) is 4.00. The quantitative estimate of drug-likeness (QED) is 0.864. The van der Waals surface area contributed by atoms with E-state index < -0.39 is 0 Å². The van der Waals surface area contributed by atoms with E-state index in [-0.39, 0.29) is 11.2 Å². The SMILES string of the molecule is Cc1cc(=O)c(CS)nn1-c1ccc(Cl)cc1Cl. The van der Waals surface area contributed by atoms with Gasteiger partial charge in [0.1, 0.15) is 5.69 Å². The Balaban J connectivity index is 2.67. The molecule has 0 bridgehead atoms. The third kappa shape index (κ3) is 2.55. The first-order chi connectivity index (χ1) is 8.52. The molecule has 0 amide bonds. The summed E-state index contributed by atoms with van der Waals surface area (Å²) in [7, 11) is 0. The molecule has 0 saturated carbocycles. The van der Waals surface area contributed by atoms with Gasteiger partial charge in [0.2, 0.25) is 5.43 Å². The number of hydrogen-bond donors (Lipinski definition) is 1. The van der Waals surface area contributed by atoms with Gasteiger partial charge in [-0.05, 0) is 25.1 Å². The molecule has 0 aliphatic rings. The molecule has 94 valence electrons. The van der Waals surface area contributed by atoms with Crippen LogP contribution >= 0.6 is 35.8 Å². The fourth-order valence-corrected chi connectivity index (χ4v) is 2.30. The number of hydrogen-bond acceptors (Lipinski definition) is 3. The highest BCUT2D eigenvalue weighted by Gasteiger charge is 2.09. The van der Waals surface area contributed by atoms with Crippen LogP contribution in [0, 0.1) is 6.92 Å². The summed E-state index contributed by atoms with van der Waals surface area (Å²) in [6.07, 6.45) is 0. The minimum atomic E-state index is -0.121. The highest BCUT2D eigenvalue weighted by Crippen LogP contribution is 2.24. The molecule has 18 heavy (non-hydrogen) atoms. The topological polar surface area (TPSA) is 34.9 Å². The second-order valence-corrected chi connectivity index (χ2v) is 4.92. The Hall–Kier alpha value is -0.970. The van der Waals surface area contributed by atoms with Gasteiger partial charge in [-0.2, -0.15) is 17.7 Å². The first kappa shape index (κ1) is 13.5. The maximum Gasteiger partial charge on any atom is 0.204 e. The van der Waals surface area contributed by atoms with E-state index in [1.807, 2.05) is 0 Å². The zero-order chi connectivity index (χ0) is 13.3. The van der Waals surface area contributed by atoms with Crippen LogP contribution in [0.3, 0.4) is 0 Å². The van der Waals surface area contributed by atoms with Gasteiger partial charge in [0, 0.05) is 22.5 Å². The van der Waals surface area contributed by atoms with Gasteiger partial charge in [0.25, 0.3) is 0 Å². The largest absolute Gasteiger partial charge is 0.288 e. The molecule has 2 aromatic rings. The first-order valence-corrected chi connectivity index (χ1v) is 6.58. The maximum absolute atomic E-state index is 11.6. The van der Waals surface area contributed by atoms with Crippen molar-refractivity contribution >= 4 is 35.8 Å². The van der Waals surface area contributed by atoms with Crippen molar-refractivity contribution in [2.45, 2.75) is 12.7 Å². The second kappa shape index (κ2) is 5.34. The molecule has 1 aromatic heterocycles. The Morgan fingerprint density at radius 1 is 1.33 bits per heavy atom. The molecule has 0 spiro atoms. The van der Waals surface area contributed by atoms with Crippen molar-refractivity contribution < 1.29 is 0 Å². The molecule has 0 saturated heterocycles. The summed E-state index contributed by atoms with van der Waals surface area (Å²) < 4.78 is 1.62. The predicted octanol–water partition coefficient (Wildman–Crippen LogP) is 3.28. The molecular formula is C12H10Cl2N2OS. The highest BCUT2D eigenvalue weighted by atomic mass is 35.5. The lowest BCUT2D eigenvalue weighted by Gasteiger charge is -2.12. The Labute approximate surface area is 120 Å². The van der Waals surface area contributed by atoms with Crippen molar-refractivity contribution in [2.75, 3.05) is 0 Å². The molecule has 6 heteroatoms. The number of thiol groups is 1. The van der Waals surface area contributed by atoms with Crippen LogP contribution in [0.25, 0.3) is 5.69 Å². The third-order valence-electron chi connectivity index (χ3n) is 2.47. The first-order valence-electron chi connectivity index (χ1n) is 5.19. The van der Waals surface area contributed by atoms with E-state index >= 15 is 0 Å². The smallest absolute Gasteiger partial charge is 0.204 e. The molecular weight excluding hydrogens is 291 g/mol. The molecule has 3 nitrogen and oxygen atoms in total. The van der Waals surface area contributed by atoms with Gasteiger partial charge in [0.05, 0.1) is 10.7 Å². The molecule has 0 N–H and O–H groups in total. The molecule has 1 heterocycles. The lowest BCUT2D eigenvalue weighted by atomic mass is 10.3. The number of aryl methyl sites for hydroxylation is 1. The van der Waals surface area contributed by atoms with Crippen LogP contribution in [0.5, 0.6) is 0 Å². The minimum Gasteiger partial charge on any atom is -0.288 e. The molecule has 2 rings (SSSR count). The maximum atomic E-state index is 11.6. The summed E-state index contributed by atoms with van der Waals surface area (Å²) in [5.74, 6) is 0.282. The summed E-state index contributed by atoms with van der Waals surface area (Å²) in [5.41, 5.74) is 1.65. The van der Waals surface area contributed by atoms with Crippen molar-refractivity contribution in [1.82, 2.24) is 9.78 Å². The summed E-state index contributed by atoms with van der Waals surface area (Å²) in [6, 6.07) is 6.64. The summed E-state index contributed by atoms with van der Waals surface area (Å²) in [6.45, 7) is 1.79. The van der Waals surface area contributed by atoms with Crippen molar-refractivity contribution in [1.29, 1.82) is 0 Å². The molecule has 0 aliphatic carbocycles. The zero-order valence-corrected chi connectivity index (χ0v) is 11.9. The Morgan fingerprint density at radius 3 is 2.67 bits per heavy atom. The van der Waals surface area contributed by atoms with Crippen LogP contribution in [0.4, 0.5) is 0 Å². The van der Waals surface area contributed by atoms with E-state index in [4.69, 9.17) is 23.2 Å². The van der Waals surface area contributed by atoms with Gasteiger partial charge in [-0.25, -0.2) is 4.68 Å². The van der Waals surface area contributed by atoms with Crippen LogP contribution in [0.1, 0.15) is 11.4 Å². The van der Waals surface area contributed by atoms with Crippen LogP contribution in [-0.4, -0.2) is 9.78 Å². The second-order valence-electron chi connectivity index (χ2n) is 3.76. The zero-order valence-electron chi connectivity index (χ0n) is 9.52. The van der Waals surface area contributed by atoms with Gasteiger partial charge in [0.15, 0.2) is 0 Å². The highest BCUT2D eigenvalue weighted by molar-refractivity contribution is 7.79. The van der Waals surface area contributed by atoms with Gasteiger partial charge >= 0.3 is 0 Å². The third-order valence-corrected chi connectivity index (χ3v) is 3.30. The molecule has 1 aromatic carbocycles. The molecule has 0 radical (unpaired) electrons. The fourth-order valence-electron chi connectivity index (χ4n) is 1.59. The minimum absolute atomic E-state index is 0.121. The lowest BCUT2D eigenvalue weighted by Crippen LogP contribution is -2.18. The van der Waals surface area contributed by atoms with Gasteiger partial charge < -0.3 is 0 Å². The Bertz CT molecular complexity index is 655. The van der Waals surface area contributed by atoms with Crippen molar-refractivity contribution in [3.63, 3.8) is 0 Å². The monoisotopic (exact) mass is 300 g/mol. The number of rotatable bonds is 2. The summed E-state index contributed by atoms with van der Waals surface area (Å²) in [5, 5.41) is 5.28. The van der Waals surface area contributed by atoms with E-state index in [2.05, 4.69) is 17.7 Å². The molecule has 0 fully saturated rings. The van der Waals surface area contributed by atoms with Gasteiger partial charge in [-0.15, -0.1) is 0 Å². The van der Waals surface area contributed by atoms with E-state index in [1.165, 1.54) is 6.07 Å². The van der Waals surface area contributed by atoms with E-state index in [9.17, 15) is 4.79 Å². The number of halogens is 2. The van der Waals surface area contributed by atoms with Crippen molar-refractivity contribution in [3.05, 3.63) is 55.9 Å². The van der Waals surface area contributed by atoms with Crippen LogP contribution < -0.4 is 5.43 Å². The fraction of sp³-hybridized carbons (Fsp3) is 0.167. The van der Waals surface area contributed by atoms with Crippen molar-refractivity contribution in [2.24, 2.45) is 0 Å². The van der Waals surface area contributed by atoms with E-state index in [1.54, 1.807) is 29.8 Å². The molecule has 0 aliphatic heterocycles. The van der Waals surface area contributed by atoms with Crippen molar-refractivity contribution in [3.8, 4) is 5.69 Å². The Morgan fingerprint density at radius 2 is 2.06 bits per heavy atom. The van der Waals surface area contributed by atoms with Crippen LogP contribution in [-0.2, 0) is 5.75 Å². The number of nitrogens with zero attached hydrogens (tertiary/aromatic N) is 2.